The summed E-state index contributed by atoms with van der Waals surface area (Å²) < 4.78 is 30.2. The van der Waals surface area contributed by atoms with E-state index < -0.39 is 12.3 Å². The summed E-state index contributed by atoms with van der Waals surface area (Å²) in [6.07, 6.45) is 12.1. The van der Waals surface area contributed by atoms with E-state index in [0.29, 0.717) is 23.0 Å². The zero-order chi connectivity index (χ0) is 23.9. The van der Waals surface area contributed by atoms with E-state index in [0.717, 1.165) is 11.8 Å². The monoisotopic (exact) mass is 466 g/mol. The Hall–Kier alpha value is -1.70. The Morgan fingerprint density at radius 1 is 0.559 bits per heavy atom. The molecule has 0 bridgehead atoms. The Balaban J connectivity index is 1.32. The maximum Gasteiger partial charge on any atom is 0.160 e. The predicted octanol–water partition coefficient (Wildman–Crippen LogP) is 10.6. The van der Waals surface area contributed by atoms with Crippen LogP contribution in [0.4, 0.5) is 8.78 Å². The largest absolute Gasteiger partial charge is 0.239 e. The molecule has 0 nitrogen and oxygen atoms in total. The molecule has 2 aliphatic rings. The molecule has 0 amide bonds. The SMILES string of the molecule is CCCC1CCC(c2ccc(C(F)C(F)c3ccc(C4CCC(CCC)CC4)cc3)cc2)CC1. The topological polar surface area (TPSA) is 0 Å². The summed E-state index contributed by atoms with van der Waals surface area (Å²) in [5, 5.41) is 0. The molecule has 2 saturated carbocycles. The van der Waals surface area contributed by atoms with Gasteiger partial charge in [0.05, 0.1) is 0 Å². The Labute approximate surface area is 206 Å². The fraction of sp³-hybridized carbons (Fsp3) is 0.625. The minimum atomic E-state index is -1.62. The summed E-state index contributed by atoms with van der Waals surface area (Å²) in [5.74, 6) is 2.91. The van der Waals surface area contributed by atoms with E-state index in [9.17, 15) is 0 Å². The standard InChI is InChI=1S/C32H44F2/c1-3-5-23-7-11-25(12-8-23)27-15-19-29(20-16-27)31(33)32(34)30-21-17-28(18-22-30)26-13-9-24(6-4-2)10-14-26/h15-26,31-32H,3-14H2,1-2H3. The van der Waals surface area contributed by atoms with Crippen LogP contribution in [0.25, 0.3) is 0 Å². The highest BCUT2D eigenvalue weighted by Crippen LogP contribution is 2.41. The van der Waals surface area contributed by atoms with Crippen molar-refractivity contribution in [2.24, 2.45) is 11.8 Å². The maximum absolute atomic E-state index is 15.1. The molecule has 0 aliphatic heterocycles. The lowest BCUT2D eigenvalue weighted by Crippen LogP contribution is -2.13. The number of halogens is 2. The minimum Gasteiger partial charge on any atom is -0.239 e. The van der Waals surface area contributed by atoms with Gasteiger partial charge in [-0.3, -0.25) is 0 Å². The summed E-state index contributed by atoms with van der Waals surface area (Å²) >= 11 is 0. The van der Waals surface area contributed by atoms with Crippen LogP contribution in [0, 0.1) is 11.8 Å². The van der Waals surface area contributed by atoms with E-state index in [-0.39, 0.29) is 0 Å². The van der Waals surface area contributed by atoms with Crippen molar-refractivity contribution in [3.63, 3.8) is 0 Å². The molecule has 0 N–H and O–H groups in total. The Kier molecular flexibility index (Phi) is 9.20. The molecule has 0 aromatic heterocycles. The summed E-state index contributed by atoms with van der Waals surface area (Å²) in [5.41, 5.74) is 3.49. The molecule has 2 aliphatic carbocycles. The van der Waals surface area contributed by atoms with Crippen molar-refractivity contribution in [3.8, 4) is 0 Å². The molecular formula is C32H44F2. The van der Waals surface area contributed by atoms with Crippen LogP contribution in [-0.4, -0.2) is 0 Å². The van der Waals surface area contributed by atoms with Crippen molar-refractivity contribution >= 4 is 0 Å². The van der Waals surface area contributed by atoms with Crippen LogP contribution in [-0.2, 0) is 0 Å². The Bertz CT molecular complexity index is 766. The fourth-order valence-electron chi connectivity index (χ4n) is 6.63. The van der Waals surface area contributed by atoms with Gasteiger partial charge in [0.2, 0.25) is 0 Å². The van der Waals surface area contributed by atoms with E-state index in [2.05, 4.69) is 13.8 Å². The lowest BCUT2D eigenvalue weighted by molar-refractivity contribution is 0.170. The van der Waals surface area contributed by atoms with Gasteiger partial charge in [0.25, 0.3) is 0 Å². The highest BCUT2D eigenvalue weighted by Gasteiger charge is 2.27. The highest BCUT2D eigenvalue weighted by atomic mass is 19.2. The number of benzene rings is 2. The summed E-state index contributed by atoms with van der Waals surface area (Å²) in [6, 6.07) is 15.4. The molecule has 0 heterocycles. The van der Waals surface area contributed by atoms with Crippen LogP contribution in [0.15, 0.2) is 48.5 Å². The zero-order valence-corrected chi connectivity index (χ0v) is 21.3. The molecule has 2 aromatic rings. The van der Waals surface area contributed by atoms with Crippen molar-refractivity contribution in [1.29, 1.82) is 0 Å². The first-order valence-corrected chi connectivity index (χ1v) is 14.1. The van der Waals surface area contributed by atoms with Crippen LogP contribution >= 0.6 is 0 Å². The third-order valence-corrected chi connectivity index (χ3v) is 8.80. The van der Waals surface area contributed by atoms with Gasteiger partial charge < -0.3 is 0 Å². The van der Waals surface area contributed by atoms with Gasteiger partial charge in [0, 0.05) is 0 Å². The van der Waals surface area contributed by atoms with Crippen molar-refractivity contribution in [1.82, 2.24) is 0 Å². The molecule has 4 rings (SSSR count). The van der Waals surface area contributed by atoms with Gasteiger partial charge in [-0.25, -0.2) is 8.78 Å². The summed E-state index contributed by atoms with van der Waals surface area (Å²) in [7, 11) is 0. The normalized spacial score (nSPS) is 27.3. The first-order chi connectivity index (χ1) is 16.6. The van der Waals surface area contributed by atoms with Crippen LogP contribution in [0.5, 0.6) is 0 Å². The number of hydrogen-bond donors (Lipinski definition) is 0. The molecule has 0 radical (unpaired) electrons. The van der Waals surface area contributed by atoms with Gasteiger partial charge in [-0.2, -0.15) is 0 Å². The molecule has 2 fully saturated rings. The van der Waals surface area contributed by atoms with Gasteiger partial charge in [-0.1, -0.05) is 88.1 Å². The second-order valence-corrected chi connectivity index (χ2v) is 11.1. The van der Waals surface area contributed by atoms with E-state index in [1.807, 2.05) is 48.5 Å². The molecule has 2 unspecified atom stereocenters. The number of rotatable bonds is 9. The fourth-order valence-corrected chi connectivity index (χ4v) is 6.63. The lowest BCUT2D eigenvalue weighted by atomic mass is 9.77. The molecular weight excluding hydrogens is 422 g/mol. The van der Waals surface area contributed by atoms with Gasteiger partial charge in [-0.15, -0.1) is 0 Å². The van der Waals surface area contributed by atoms with Crippen LogP contribution in [0.3, 0.4) is 0 Å². The molecule has 2 aromatic carbocycles. The van der Waals surface area contributed by atoms with Crippen LogP contribution in [0.2, 0.25) is 0 Å². The van der Waals surface area contributed by atoms with Crippen molar-refractivity contribution < 1.29 is 8.78 Å². The zero-order valence-electron chi connectivity index (χ0n) is 21.3. The lowest BCUT2D eigenvalue weighted by Gasteiger charge is -2.29. The molecule has 34 heavy (non-hydrogen) atoms. The third-order valence-electron chi connectivity index (χ3n) is 8.80. The second-order valence-electron chi connectivity index (χ2n) is 11.1. The number of alkyl halides is 2. The quantitative estimate of drug-likeness (QED) is 0.345. The maximum atomic E-state index is 15.1. The first kappa shape index (κ1) is 25.4. The number of hydrogen-bond acceptors (Lipinski definition) is 0. The van der Waals surface area contributed by atoms with Gasteiger partial charge >= 0.3 is 0 Å². The highest BCUT2D eigenvalue weighted by molar-refractivity contribution is 5.32. The van der Waals surface area contributed by atoms with E-state index >= 15 is 8.78 Å². The van der Waals surface area contributed by atoms with Crippen LogP contribution < -0.4 is 0 Å². The molecule has 2 atom stereocenters. The molecule has 2 heteroatoms. The first-order valence-electron chi connectivity index (χ1n) is 14.1. The van der Waals surface area contributed by atoms with Crippen LogP contribution in [0.1, 0.15) is 137 Å². The van der Waals surface area contributed by atoms with Gasteiger partial charge in [0.15, 0.2) is 12.3 Å². The molecule has 0 spiro atoms. The third kappa shape index (κ3) is 6.29. The van der Waals surface area contributed by atoms with Gasteiger partial charge in [0.1, 0.15) is 0 Å². The van der Waals surface area contributed by atoms with E-state index in [1.165, 1.54) is 88.2 Å². The summed E-state index contributed by atoms with van der Waals surface area (Å²) in [4.78, 5) is 0. The van der Waals surface area contributed by atoms with Crippen molar-refractivity contribution in [2.75, 3.05) is 0 Å². The van der Waals surface area contributed by atoms with Crippen molar-refractivity contribution in [3.05, 3.63) is 70.8 Å². The average molecular weight is 467 g/mol. The van der Waals surface area contributed by atoms with E-state index in [1.54, 1.807) is 0 Å². The molecule has 186 valence electrons. The van der Waals surface area contributed by atoms with Gasteiger partial charge in [-0.05, 0) is 97.3 Å². The Morgan fingerprint density at radius 3 is 1.18 bits per heavy atom. The second kappa shape index (κ2) is 12.3. The van der Waals surface area contributed by atoms with E-state index in [4.69, 9.17) is 0 Å². The van der Waals surface area contributed by atoms with Crippen molar-refractivity contribution in [2.45, 2.75) is 115 Å². The Morgan fingerprint density at radius 2 is 0.882 bits per heavy atom. The smallest absolute Gasteiger partial charge is 0.160 e. The molecule has 0 saturated heterocycles. The average Bonchev–Trinajstić information content (AvgIpc) is 2.89. The predicted molar refractivity (Wildman–Crippen MR) is 140 cm³/mol. The minimum absolute atomic E-state index is 0.453. The summed E-state index contributed by atoms with van der Waals surface area (Å²) in [6.45, 7) is 4.54.